The topological polar surface area (TPSA) is 47.9 Å². The minimum atomic E-state index is 0.536. The van der Waals surface area contributed by atoms with Gasteiger partial charge in [-0.25, -0.2) is 15.0 Å². The first-order valence-electron chi connectivity index (χ1n) is 5.84. The first kappa shape index (κ1) is 13.2. The lowest BCUT2D eigenvalue weighted by atomic mass is 10.2. The molecule has 0 aliphatic carbocycles. The number of ether oxygens (including phenoxy) is 1. The van der Waals surface area contributed by atoms with Gasteiger partial charge in [0.15, 0.2) is 0 Å². The molecule has 0 unspecified atom stereocenters. The van der Waals surface area contributed by atoms with E-state index < -0.39 is 0 Å². The third-order valence-electron chi connectivity index (χ3n) is 2.69. The Morgan fingerprint density at radius 3 is 2.85 bits per heavy atom. The van der Waals surface area contributed by atoms with Crippen molar-refractivity contribution in [3.8, 4) is 27.8 Å². The Morgan fingerprint density at radius 1 is 1.15 bits per heavy atom. The van der Waals surface area contributed by atoms with Crippen LogP contribution in [-0.2, 0) is 0 Å². The summed E-state index contributed by atoms with van der Waals surface area (Å²) in [7, 11) is 1.58. The van der Waals surface area contributed by atoms with Gasteiger partial charge in [-0.15, -0.1) is 11.3 Å². The van der Waals surface area contributed by atoms with Crippen LogP contribution in [0.25, 0.3) is 22.0 Å². The van der Waals surface area contributed by atoms with E-state index in [0.717, 1.165) is 26.4 Å². The van der Waals surface area contributed by atoms with E-state index in [1.165, 1.54) is 6.33 Å². The molecule has 0 saturated carbocycles. The van der Waals surface area contributed by atoms with Gasteiger partial charge >= 0.3 is 0 Å². The molecule has 0 saturated heterocycles. The molecule has 0 spiro atoms. The minimum Gasteiger partial charge on any atom is -0.481 e. The number of thiazole rings is 1. The van der Waals surface area contributed by atoms with Crippen molar-refractivity contribution in [3.63, 3.8) is 0 Å². The van der Waals surface area contributed by atoms with Crippen LogP contribution in [0, 0.1) is 0 Å². The highest BCUT2D eigenvalue weighted by molar-refractivity contribution is 9.10. The molecular weight excluding hydrogens is 338 g/mol. The third-order valence-corrected chi connectivity index (χ3v) is 4.05. The Bertz CT molecular complexity index is 745. The summed E-state index contributed by atoms with van der Waals surface area (Å²) in [6, 6.07) is 9.84. The van der Waals surface area contributed by atoms with Crippen molar-refractivity contribution in [1.82, 2.24) is 15.0 Å². The van der Waals surface area contributed by atoms with Crippen molar-refractivity contribution in [1.29, 1.82) is 0 Å². The Labute approximate surface area is 128 Å². The monoisotopic (exact) mass is 347 g/mol. The number of benzene rings is 1. The third kappa shape index (κ3) is 2.71. The van der Waals surface area contributed by atoms with E-state index in [2.05, 4.69) is 30.9 Å². The van der Waals surface area contributed by atoms with Crippen LogP contribution in [-0.4, -0.2) is 22.1 Å². The Hall–Kier alpha value is -1.79. The maximum Gasteiger partial charge on any atom is 0.216 e. The van der Waals surface area contributed by atoms with E-state index in [4.69, 9.17) is 4.74 Å². The summed E-state index contributed by atoms with van der Waals surface area (Å²) >= 11 is 5.02. The molecular formula is C14H10BrN3OS. The van der Waals surface area contributed by atoms with Crippen LogP contribution in [0.1, 0.15) is 0 Å². The summed E-state index contributed by atoms with van der Waals surface area (Å²) in [5.41, 5.74) is 2.77. The molecule has 0 aliphatic heterocycles. The second kappa shape index (κ2) is 5.68. The van der Waals surface area contributed by atoms with Crippen molar-refractivity contribution in [2.45, 2.75) is 0 Å². The summed E-state index contributed by atoms with van der Waals surface area (Å²) in [4.78, 5) is 12.8. The van der Waals surface area contributed by atoms with Gasteiger partial charge in [-0.1, -0.05) is 28.1 Å². The summed E-state index contributed by atoms with van der Waals surface area (Å²) in [6.07, 6.45) is 1.48. The fourth-order valence-electron chi connectivity index (χ4n) is 1.74. The molecule has 4 nitrogen and oxygen atoms in total. The Morgan fingerprint density at radius 2 is 2.05 bits per heavy atom. The largest absolute Gasteiger partial charge is 0.481 e. The summed E-state index contributed by atoms with van der Waals surface area (Å²) in [6.45, 7) is 0. The molecule has 100 valence electrons. The van der Waals surface area contributed by atoms with Gasteiger partial charge in [0.1, 0.15) is 17.0 Å². The SMILES string of the molecule is COc1cc(-c2nc(-c3cccc(Br)c3)cs2)ncn1. The zero-order chi connectivity index (χ0) is 13.9. The van der Waals surface area contributed by atoms with Crippen LogP contribution in [0.2, 0.25) is 0 Å². The predicted molar refractivity (Wildman–Crippen MR) is 82.8 cm³/mol. The Kier molecular flexibility index (Phi) is 3.75. The molecule has 2 aromatic heterocycles. The molecule has 0 N–H and O–H groups in total. The zero-order valence-corrected chi connectivity index (χ0v) is 13.0. The minimum absolute atomic E-state index is 0.536. The maximum atomic E-state index is 5.10. The number of nitrogens with zero attached hydrogens (tertiary/aromatic N) is 3. The van der Waals surface area contributed by atoms with Crippen LogP contribution >= 0.6 is 27.3 Å². The normalized spacial score (nSPS) is 10.5. The lowest BCUT2D eigenvalue weighted by Gasteiger charge is -1.99. The molecule has 2 heterocycles. The van der Waals surface area contributed by atoms with Gasteiger partial charge < -0.3 is 4.74 Å². The average Bonchev–Trinajstić information content (AvgIpc) is 2.97. The van der Waals surface area contributed by atoms with Crippen molar-refractivity contribution in [2.24, 2.45) is 0 Å². The van der Waals surface area contributed by atoms with Crippen molar-refractivity contribution in [3.05, 3.63) is 46.5 Å². The summed E-state index contributed by atoms with van der Waals surface area (Å²) in [5, 5.41) is 2.87. The van der Waals surface area contributed by atoms with Crippen LogP contribution in [0.4, 0.5) is 0 Å². The second-order valence-corrected chi connectivity index (χ2v) is 5.77. The van der Waals surface area contributed by atoms with E-state index in [0.29, 0.717) is 5.88 Å². The van der Waals surface area contributed by atoms with E-state index in [1.54, 1.807) is 24.5 Å². The van der Waals surface area contributed by atoms with Gasteiger partial charge in [0.2, 0.25) is 5.88 Å². The molecule has 20 heavy (non-hydrogen) atoms. The maximum absolute atomic E-state index is 5.10. The first-order valence-corrected chi connectivity index (χ1v) is 7.51. The van der Waals surface area contributed by atoms with Crippen molar-refractivity contribution < 1.29 is 4.74 Å². The van der Waals surface area contributed by atoms with E-state index in [-0.39, 0.29) is 0 Å². The molecule has 0 radical (unpaired) electrons. The molecule has 1 aromatic carbocycles. The van der Waals surface area contributed by atoms with Gasteiger partial charge in [0.25, 0.3) is 0 Å². The average molecular weight is 348 g/mol. The lowest BCUT2D eigenvalue weighted by Crippen LogP contribution is -1.90. The quantitative estimate of drug-likeness (QED) is 0.717. The van der Waals surface area contributed by atoms with Gasteiger partial charge in [-0.05, 0) is 12.1 Å². The second-order valence-electron chi connectivity index (χ2n) is 3.99. The molecule has 0 aliphatic rings. The van der Waals surface area contributed by atoms with Crippen molar-refractivity contribution >= 4 is 27.3 Å². The van der Waals surface area contributed by atoms with E-state index >= 15 is 0 Å². The number of hydrogen-bond donors (Lipinski definition) is 0. The Balaban J connectivity index is 1.97. The van der Waals surface area contributed by atoms with Gasteiger partial charge in [-0.2, -0.15) is 0 Å². The van der Waals surface area contributed by atoms with E-state index in [9.17, 15) is 0 Å². The molecule has 0 bridgehead atoms. The summed E-state index contributed by atoms with van der Waals surface area (Å²) < 4.78 is 6.14. The smallest absolute Gasteiger partial charge is 0.216 e. The van der Waals surface area contributed by atoms with E-state index in [1.807, 2.05) is 29.6 Å². The van der Waals surface area contributed by atoms with Crippen LogP contribution in [0.3, 0.4) is 0 Å². The molecule has 0 amide bonds. The van der Waals surface area contributed by atoms with Gasteiger partial charge in [0, 0.05) is 21.5 Å². The number of hydrogen-bond acceptors (Lipinski definition) is 5. The number of rotatable bonds is 3. The van der Waals surface area contributed by atoms with Gasteiger partial charge in [-0.3, -0.25) is 0 Å². The molecule has 3 rings (SSSR count). The number of aromatic nitrogens is 3. The fraction of sp³-hybridized carbons (Fsp3) is 0.0714. The molecule has 0 fully saturated rings. The first-order chi connectivity index (χ1) is 9.76. The highest BCUT2D eigenvalue weighted by atomic mass is 79.9. The molecule has 0 atom stereocenters. The van der Waals surface area contributed by atoms with Gasteiger partial charge in [0.05, 0.1) is 12.8 Å². The lowest BCUT2D eigenvalue weighted by molar-refractivity contribution is 0.397. The standard InChI is InChI=1S/C14H10BrN3OS/c1-19-13-6-11(16-8-17-13)14-18-12(7-20-14)9-3-2-4-10(15)5-9/h2-8H,1H3. The van der Waals surface area contributed by atoms with Crippen LogP contribution in [0.5, 0.6) is 5.88 Å². The number of halogens is 1. The zero-order valence-electron chi connectivity index (χ0n) is 10.6. The number of methoxy groups -OCH3 is 1. The molecule has 6 heteroatoms. The van der Waals surface area contributed by atoms with Crippen LogP contribution in [0.15, 0.2) is 46.5 Å². The highest BCUT2D eigenvalue weighted by Crippen LogP contribution is 2.29. The van der Waals surface area contributed by atoms with Crippen LogP contribution < -0.4 is 4.74 Å². The molecule has 3 aromatic rings. The van der Waals surface area contributed by atoms with Crippen molar-refractivity contribution in [2.75, 3.05) is 7.11 Å². The summed E-state index contributed by atoms with van der Waals surface area (Å²) in [5.74, 6) is 0.536. The highest BCUT2D eigenvalue weighted by Gasteiger charge is 2.09. The fourth-order valence-corrected chi connectivity index (χ4v) is 2.93. The predicted octanol–water partition coefficient (Wildman–Crippen LogP) is 4.04.